The van der Waals surface area contributed by atoms with Gasteiger partial charge in [-0.25, -0.2) is 4.68 Å². The summed E-state index contributed by atoms with van der Waals surface area (Å²) in [6.07, 6.45) is 6.51. The molecule has 2 aromatic carbocycles. The first-order valence-electron chi connectivity index (χ1n) is 10.6. The summed E-state index contributed by atoms with van der Waals surface area (Å²) in [5.41, 5.74) is 2.56. The van der Waals surface area contributed by atoms with E-state index in [0.717, 1.165) is 36.2 Å². The van der Waals surface area contributed by atoms with E-state index in [1.54, 1.807) is 21.5 Å². The Labute approximate surface area is 181 Å². The first-order valence-corrected chi connectivity index (χ1v) is 10.6. The van der Waals surface area contributed by atoms with Gasteiger partial charge >= 0.3 is 0 Å². The summed E-state index contributed by atoms with van der Waals surface area (Å²) in [7, 11) is 0. The van der Waals surface area contributed by atoms with E-state index in [9.17, 15) is 4.79 Å². The van der Waals surface area contributed by atoms with Crippen LogP contribution < -0.4 is 10.3 Å². The Morgan fingerprint density at radius 3 is 2.45 bits per heavy atom. The van der Waals surface area contributed by atoms with Crippen LogP contribution in [-0.2, 0) is 6.61 Å². The number of nitrogens with zero attached hydrogens (tertiary/aromatic N) is 4. The van der Waals surface area contributed by atoms with Crippen molar-refractivity contribution in [3.63, 3.8) is 0 Å². The molecule has 0 aliphatic rings. The molecule has 0 amide bonds. The van der Waals surface area contributed by atoms with Crippen molar-refractivity contribution in [3.05, 3.63) is 107 Å². The minimum absolute atomic E-state index is 0.159. The SMILES string of the molecule is CCCCC(c1cn(-c2ccccc2)nn1)n1cccc(OCc2ccccc2)c1=O. The van der Waals surface area contributed by atoms with Crippen molar-refractivity contribution < 1.29 is 4.74 Å². The summed E-state index contributed by atoms with van der Waals surface area (Å²) in [5, 5.41) is 8.69. The van der Waals surface area contributed by atoms with Gasteiger partial charge in [0.1, 0.15) is 12.3 Å². The van der Waals surface area contributed by atoms with Gasteiger partial charge in [-0.3, -0.25) is 4.79 Å². The van der Waals surface area contributed by atoms with E-state index >= 15 is 0 Å². The molecule has 0 bridgehead atoms. The van der Waals surface area contributed by atoms with Crippen LogP contribution in [0.3, 0.4) is 0 Å². The summed E-state index contributed by atoms with van der Waals surface area (Å²) >= 11 is 0. The maximum atomic E-state index is 13.2. The number of pyridine rings is 1. The van der Waals surface area contributed by atoms with Gasteiger partial charge < -0.3 is 9.30 Å². The number of aromatic nitrogens is 4. The molecule has 1 unspecified atom stereocenters. The lowest BCUT2D eigenvalue weighted by atomic mass is 10.1. The van der Waals surface area contributed by atoms with Crippen LogP contribution in [0.4, 0.5) is 0 Å². The molecule has 0 radical (unpaired) electrons. The highest BCUT2D eigenvalue weighted by molar-refractivity contribution is 5.30. The molecule has 4 aromatic rings. The molecule has 0 fully saturated rings. The summed E-state index contributed by atoms with van der Waals surface area (Å²) in [5.74, 6) is 0.336. The van der Waals surface area contributed by atoms with Gasteiger partial charge in [0, 0.05) is 6.20 Å². The third-order valence-corrected chi connectivity index (χ3v) is 5.22. The molecule has 2 heterocycles. The minimum Gasteiger partial charge on any atom is -0.483 e. The van der Waals surface area contributed by atoms with Crippen molar-refractivity contribution in [1.29, 1.82) is 0 Å². The van der Waals surface area contributed by atoms with Crippen molar-refractivity contribution in [1.82, 2.24) is 19.6 Å². The Morgan fingerprint density at radius 1 is 0.968 bits per heavy atom. The molecule has 0 N–H and O–H groups in total. The minimum atomic E-state index is -0.204. The number of ether oxygens (including phenoxy) is 1. The Morgan fingerprint density at radius 2 is 1.71 bits per heavy atom. The van der Waals surface area contributed by atoms with E-state index in [1.807, 2.05) is 72.9 Å². The molecule has 0 saturated heterocycles. The lowest BCUT2D eigenvalue weighted by molar-refractivity contribution is 0.297. The van der Waals surface area contributed by atoms with Crippen molar-refractivity contribution in [2.75, 3.05) is 0 Å². The molecular formula is C25H26N4O2. The molecule has 0 aliphatic heterocycles. The Hall–Kier alpha value is -3.67. The van der Waals surface area contributed by atoms with Crippen LogP contribution in [0.2, 0.25) is 0 Å². The van der Waals surface area contributed by atoms with E-state index in [2.05, 4.69) is 17.2 Å². The Balaban J connectivity index is 1.62. The average Bonchev–Trinajstić information content (AvgIpc) is 3.31. The fourth-order valence-electron chi connectivity index (χ4n) is 3.54. The van der Waals surface area contributed by atoms with Crippen molar-refractivity contribution in [2.45, 2.75) is 38.8 Å². The van der Waals surface area contributed by atoms with Gasteiger partial charge in [0.15, 0.2) is 5.75 Å². The Bertz CT molecular complexity index is 1150. The summed E-state index contributed by atoms with van der Waals surface area (Å²) < 4.78 is 9.32. The van der Waals surface area contributed by atoms with Crippen LogP contribution in [0.5, 0.6) is 5.75 Å². The number of unbranched alkanes of at least 4 members (excludes halogenated alkanes) is 1. The van der Waals surface area contributed by atoms with E-state index in [4.69, 9.17) is 4.74 Å². The van der Waals surface area contributed by atoms with E-state index in [1.165, 1.54) is 0 Å². The maximum absolute atomic E-state index is 13.2. The highest BCUT2D eigenvalue weighted by atomic mass is 16.5. The lowest BCUT2D eigenvalue weighted by Gasteiger charge is -2.18. The third-order valence-electron chi connectivity index (χ3n) is 5.22. The van der Waals surface area contributed by atoms with Gasteiger partial charge in [0.2, 0.25) is 0 Å². The van der Waals surface area contributed by atoms with E-state index < -0.39 is 0 Å². The zero-order valence-corrected chi connectivity index (χ0v) is 17.6. The van der Waals surface area contributed by atoms with Crippen molar-refractivity contribution in [3.8, 4) is 11.4 Å². The highest BCUT2D eigenvalue weighted by Crippen LogP contribution is 2.23. The third kappa shape index (κ3) is 4.91. The number of rotatable bonds is 9. The van der Waals surface area contributed by atoms with Crippen LogP contribution >= 0.6 is 0 Å². The second kappa shape index (κ2) is 9.89. The average molecular weight is 415 g/mol. The number of benzene rings is 2. The van der Waals surface area contributed by atoms with Gasteiger partial charge in [-0.2, -0.15) is 0 Å². The van der Waals surface area contributed by atoms with E-state index in [0.29, 0.717) is 12.4 Å². The molecule has 0 saturated carbocycles. The topological polar surface area (TPSA) is 61.9 Å². The Kier molecular flexibility index (Phi) is 6.57. The molecule has 2 aromatic heterocycles. The lowest BCUT2D eigenvalue weighted by Crippen LogP contribution is -2.26. The van der Waals surface area contributed by atoms with Gasteiger partial charge in [-0.1, -0.05) is 73.5 Å². The highest BCUT2D eigenvalue weighted by Gasteiger charge is 2.20. The normalized spacial score (nSPS) is 11.9. The van der Waals surface area contributed by atoms with Gasteiger partial charge in [-0.05, 0) is 36.2 Å². The standard InChI is InChI=1S/C25H26N4O2/c1-2-3-15-23(22-18-29(27-26-22)21-13-8-5-9-14-21)28-17-10-16-24(25(28)30)31-19-20-11-6-4-7-12-20/h4-14,16-18,23H,2-3,15,19H2,1H3. The smallest absolute Gasteiger partial charge is 0.293 e. The molecule has 6 heteroatoms. The van der Waals surface area contributed by atoms with Crippen LogP contribution in [0.1, 0.15) is 43.5 Å². The monoisotopic (exact) mass is 414 g/mol. The predicted molar refractivity (Wildman–Crippen MR) is 120 cm³/mol. The molecule has 0 spiro atoms. The maximum Gasteiger partial charge on any atom is 0.293 e. The van der Waals surface area contributed by atoms with Gasteiger partial charge in [0.25, 0.3) is 5.56 Å². The largest absolute Gasteiger partial charge is 0.483 e. The molecule has 4 rings (SSSR count). The fourth-order valence-corrected chi connectivity index (χ4v) is 3.54. The van der Waals surface area contributed by atoms with Crippen LogP contribution in [-0.4, -0.2) is 19.6 Å². The fraction of sp³-hybridized carbons (Fsp3) is 0.240. The van der Waals surface area contributed by atoms with Gasteiger partial charge in [-0.15, -0.1) is 5.10 Å². The molecule has 1 atom stereocenters. The first-order chi connectivity index (χ1) is 15.3. The summed E-state index contributed by atoms with van der Waals surface area (Å²) in [6, 6.07) is 23.0. The zero-order valence-electron chi connectivity index (χ0n) is 17.6. The van der Waals surface area contributed by atoms with Gasteiger partial charge in [0.05, 0.1) is 17.9 Å². The van der Waals surface area contributed by atoms with Crippen LogP contribution in [0.25, 0.3) is 5.69 Å². The van der Waals surface area contributed by atoms with Crippen molar-refractivity contribution >= 4 is 0 Å². The first kappa shape index (κ1) is 20.6. The molecular weight excluding hydrogens is 388 g/mol. The molecule has 31 heavy (non-hydrogen) atoms. The number of hydrogen-bond acceptors (Lipinski definition) is 4. The number of para-hydroxylation sites is 1. The second-order valence-electron chi connectivity index (χ2n) is 7.44. The quantitative estimate of drug-likeness (QED) is 0.395. The molecule has 158 valence electrons. The summed E-state index contributed by atoms with van der Waals surface area (Å²) in [4.78, 5) is 13.2. The van der Waals surface area contributed by atoms with Crippen molar-refractivity contribution in [2.24, 2.45) is 0 Å². The summed E-state index contributed by atoms with van der Waals surface area (Å²) in [6.45, 7) is 2.49. The molecule has 6 nitrogen and oxygen atoms in total. The second-order valence-corrected chi connectivity index (χ2v) is 7.44. The van der Waals surface area contributed by atoms with E-state index in [-0.39, 0.29) is 11.6 Å². The van der Waals surface area contributed by atoms with Crippen LogP contribution in [0.15, 0.2) is 90.0 Å². The number of hydrogen-bond donors (Lipinski definition) is 0. The predicted octanol–water partition coefficient (Wildman–Crippen LogP) is 4.79. The van der Waals surface area contributed by atoms with Crippen LogP contribution in [0, 0.1) is 0 Å². The molecule has 0 aliphatic carbocycles. The zero-order chi connectivity index (χ0) is 21.5.